The van der Waals surface area contributed by atoms with Gasteiger partial charge in [0, 0.05) is 25.0 Å². The highest BCUT2D eigenvalue weighted by Crippen LogP contribution is 2.29. The summed E-state index contributed by atoms with van der Waals surface area (Å²) in [7, 11) is 0. The zero-order valence-corrected chi connectivity index (χ0v) is 11.4. The molecule has 102 valence electrons. The molecule has 2 saturated heterocycles. The Hall–Kier alpha value is -0.570. The van der Waals surface area contributed by atoms with E-state index in [4.69, 9.17) is 0 Å². The molecule has 0 radical (unpaired) electrons. The van der Waals surface area contributed by atoms with Gasteiger partial charge < -0.3 is 10.2 Å². The van der Waals surface area contributed by atoms with Crippen molar-refractivity contribution in [2.75, 3.05) is 13.1 Å². The van der Waals surface area contributed by atoms with Gasteiger partial charge in [-0.3, -0.25) is 4.79 Å². The minimum absolute atomic E-state index is 0.387. The summed E-state index contributed by atoms with van der Waals surface area (Å²) in [6, 6.07) is 0.953. The van der Waals surface area contributed by atoms with Gasteiger partial charge in [-0.25, -0.2) is 0 Å². The predicted octanol–water partition coefficient (Wildman–Crippen LogP) is 2.31. The van der Waals surface area contributed by atoms with Crippen LogP contribution in [0.1, 0.15) is 57.8 Å². The molecule has 0 spiro atoms. The van der Waals surface area contributed by atoms with Gasteiger partial charge in [0.25, 0.3) is 0 Å². The van der Waals surface area contributed by atoms with Crippen LogP contribution >= 0.6 is 0 Å². The molecule has 2 unspecified atom stereocenters. The monoisotopic (exact) mass is 250 g/mol. The summed E-state index contributed by atoms with van der Waals surface area (Å²) in [5.74, 6) is 1.34. The number of nitrogens with one attached hydrogen (secondary N) is 1. The molecule has 0 aromatic heterocycles. The number of carbonyl (C=O) groups excluding carboxylic acids is 1. The Kier molecular flexibility index (Phi) is 3.88. The first-order chi connectivity index (χ1) is 8.84. The molecule has 1 N–H and O–H groups in total. The molecule has 0 bridgehead atoms. The summed E-state index contributed by atoms with van der Waals surface area (Å²) >= 11 is 0. The Bertz CT molecular complexity index is 299. The second-order valence-corrected chi connectivity index (χ2v) is 6.35. The second kappa shape index (κ2) is 5.60. The smallest absolute Gasteiger partial charge is 0.224 e. The van der Waals surface area contributed by atoms with Crippen LogP contribution < -0.4 is 5.32 Å². The van der Waals surface area contributed by atoms with Crippen LogP contribution in [0.3, 0.4) is 0 Å². The maximum absolute atomic E-state index is 11.9. The van der Waals surface area contributed by atoms with Crippen molar-refractivity contribution in [3.05, 3.63) is 0 Å². The molecule has 1 amide bonds. The number of amides is 1. The van der Waals surface area contributed by atoms with Crippen molar-refractivity contribution < 1.29 is 4.79 Å². The Balaban J connectivity index is 1.45. The first-order valence-electron chi connectivity index (χ1n) is 7.87. The fourth-order valence-electron chi connectivity index (χ4n) is 4.11. The molecule has 0 aromatic rings. The van der Waals surface area contributed by atoms with Crippen molar-refractivity contribution in [3.8, 4) is 0 Å². The van der Waals surface area contributed by atoms with Crippen molar-refractivity contribution in [2.24, 2.45) is 5.92 Å². The van der Waals surface area contributed by atoms with Gasteiger partial charge >= 0.3 is 0 Å². The Morgan fingerprint density at radius 3 is 2.72 bits per heavy atom. The lowest BCUT2D eigenvalue weighted by molar-refractivity contribution is -0.129. The molecule has 3 nitrogen and oxygen atoms in total. The minimum atomic E-state index is 0.387. The average molecular weight is 250 g/mol. The molecule has 1 saturated carbocycles. The SMILES string of the molecule is O=C1CC(NCCC2CCCC2)C2CCCCN12. The topological polar surface area (TPSA) is 32.3 Å². The lowest BCUT2D eigenvalue weighted by Gasteiger charge is -2.32. The van der Waals surface area contributed by atoms with E-state index in [2.05, 4.69) is 10.2 Å². The third-order valence-electron chi connectivity index (χ3n) is 5.16. The highest BCUT2D eigenvalue weighted by atomic mass is 16.2. The maximum atomic E-state index is 11.9. The van der Waals surface area contributed by atoms with E-state index in [0.717, 1.165) is 25.4 Å². The van der Waals surface area contributed by atoms with Crippen molar-refractivity contribution >= 4 is 5.91 Å². The van der Waals surface area contributed by atoms with Crippen LogP contribution in [-0.2, 0) is 4.79 Å². The second-order valence-electron chi connectivity index (χ2n) is 6.35. The van der Waals surface area contributed by atoms with E-state index in [1.54, 1.807) is 0 Å². The number of fused-ring (bicyclic) bond motifs is 1. The van der Waals surface area contributed by atoms with E-state index in [0.29, 0.717) is 18.0 Å². The summed E-state index contributed by atoms with van der Waals surface area (Å²) in [6.07, 6.45) is 11.5. The Labute approximate surface area is 110 Å². The quantitative estimate of drug-likeness (QED) is 0.830. The van der Waals surface area contributed by atoms with E-state index in [9.17, 15) is 4.79 Å². The Morgan fingerprint density at radius 1 is 1.11 bits per heavy atom. The molecule has 3 heteroatoms. The van der Waals surface area contributed by atoms with Crippen molar-refractivity contribution in [2.45, 2.75) is 69.9 Å². The fraction of sp³-hybridized carbons (Fsp3) is 0.933. The molecule has 2 aliphatic heterocycles. The number of piperidine rings is 1. The summed E-state index contributed by atoms with van der Waals surface area (Å²) in [5.41, 5.74) is 0. The van der Waals surface area contributed by atoms with E-state index in [-0.39, 0.29) is 0 Å². The van der Waals surface area contributed by atoms with E-state index >= 15 is 0 Å². The van der Waals surface area contributed by atoms with Crippen LogP contribution in [0.4, 0.5) is 0 Å². The fourth-order valence-corrected chi connectivity index (χ4v) is 4.11. The van der Waals surface area contributed by atoms with Gasteiger partial charge in [0.15, 0.2) is 0 Å². The van der Waals surface area contributed by atoms with Gasteiger partial charge in [-0.05, 0) is 38.1 Å². The molecule has 3 aliphatic rings. The molecule has 18 heavy (non-hydrogen) atoms. The molecule has 2 heterocycles. The summed E-state index contributed by atoms with van der Waals surface area (Å²) in [5, 5.41) is 3.68. The number of hydrogen-bond acceptors (Lipinski definition) is 2. The predicted molar refractivity (Wildman–Crippen MR) is 72.3 cm³/mol. The molecule has 1 aliphatic carbocycles. The first kappa shape index (κ1) is 12.5. The molecule has 2 atom stereocenters. The number of rotatable bonds is 4. The molecule has 0 aromatic carbocycles. The third-order valence-corrected chi connectivity index (χ3v) is 5.16. The van der Waals surface area contributed by atoms with E-state index in [1.165, 1.54) is 51.4 Å². The first-order valence-corrected chi connectivity index (χ1v) is 7.87. The minimum Gasteiger partial charge on any atom is -0.338 e. The van der Waals surface area contributed by atoms with Crippen LogP contribution in [0.2, 0.25) is 0 Å². The maximum Gasteiger partial charge on any atom is 0.224 e. The lowest BCUT2D eigenvalue weighted by atomic mass is 9.98. The third kappa shape index (κ3) is 2.56. The molecule has 3 rings (SSSR count). The molecular formula is C15H26N2O. The molecular weight excluding hydrogens is 224 g/mol. The van der Waals surface area contributed by atoms with Crippen LogP contribution in [0.5, 0.6) is 0 Å². The summed E-state index contributed by atoms with van der Waals surface area (Å²) in [4.78, 5) is 14.1. The highest BCUT2D eigenvalue weighted by Gasteiger charge is 2.40. The van der Waals surface area contributed by atoms with Crippen LogP contribution in [-0.4, -0.2) is 36.0 Å². The largest absolute Gasteiger partial charge is 0.338 e. The average Bonchev–Trinajstić information content (AvgIpc) is 3.00. The number of carbonyl (C=O) groups is 1. The van der Waals surface area contributed by atoms with Crippen molar-refractivity contribution in [1.29, 1.82) is 0 Å². The Morgan fingerprint density at radius 2 is 1.89 bits per heavy atom. The summed E-state index contributed by atoms with van der Waals surface area (Å²) in [6.45, 7) is 2.12. The van der Waals surface area contributed by atoms with Crippen LogP contribution in [0.15, 0.2) is 0 Å². The van der Waals surface area contributed by atoms with E-state index < -0.39 is 0 Å². The molecule has 3 fully saturated rings. The number of hydrogen-bond donors (Lipinski definition) is 1. The summed E-state index contributed by atoms with van der Waals surface area (Å²) < 4.78 is 0. The standard InChI is InChI=1S/C15H26N2O/c18-15-11-13(14-7-3-4-10-17(14)15)16-9-8-12-5-1-2-6-12/h12-14,16H,1-11H2. The lowest BCUT2D eigenvalue weighted by Crippen LogP contribution is -2.45. The number of nitrogens with zero attached hydrogens (tertiary/aromatic N) is 1. The van der Waals surface area contributed by atoms with Gasteiger partial charge in [-0.1, -0.05) is 25.7 Å². The normalized spacial score (nSPS) is 33.1. The van der Waals surface area contributed by atoms with Crippen LogP contribution in [0.25, 0.3) is 0 Å². The van der Waals surface area contributed by atoms with Gasteiger partial charge in [0.05, 0.1) is 0 Å². The van der Waals surface area contributed by atoms with Gasteiger partial charge in [-0.2, -0.15) is 0 Å². The van der Waals surface area contributed by atoms with Gasteiger partial charge in [0.2, 0.25) is 5.91 Å². The highest BCUT2D eigenvalue weighted by molar-refractivity contribution is 5.80. The van der Waals surface area contributed by atoms with Crippen molar-refractivity contribution in [1.82, 2.24) is 10.2 Å². The van der Waals surface area contributed by atoms with Crippen molar-refractivity contribution in [3.63, 3.8) is 0 Å². The zero-order chi connectivity index (χ0) is 12.4. The van der Waals surface area contributed by atoms with Crippen LogP contribution in [0, 0.1) is 5.92 Å². The zero-order valence-electron chi connectivity index (χ0n) is 11.4. The van der Waals surface area contributed by atoms with Gasteiger partial charge in [-0.15, -0.1) is 0 Å². The van der Waals surface area contributed by atoms with E-state index in [1.807, 2.05) is 0 Å². The van der Waals surface area contributed by atoms with Gasteiger partial charge in [0.1, 0.15) is 0 Å².